The van der Waals surface area contributed by atoms with E-state index in [1.165, 1.54) is 12.1 Å². The molecule has 2 rings (SSSR count). The van der Waals surface area contributed by atoms with E-state index in [0.717, 1.165) is 4.68 Å². The molecule has 0 saturated carbocycles. The zero-order valence-electron chi connectivity index (χ0n) is 14.1. The average Bonchev–Trinajstić information content (AvgIpc) is 2.66. The molecule has 0 atom stereocenters. The minimum atomic E-state index is -0.848. The molecule has 136 valence electrons. The predicted octanol–water partition coefficient (Wildman–Crippen LogP) is 0.271. The van der Waals surface area contributed by atoms with Crippen LogP contribution in [0, 0.1) is 0 Å². The Morgan fingerprint density at radius 3 is 2.50 bits per heavy atom. The number of hydrogen-bond donors (Lipinski definition) is 2. The van der Waals surface area contributed by atoms with Crippen LogP contribution in [0.1, 0.15) is 34.2 Å². The minimum Gasteiger partial charge on any atom is -0.451 e. The number of amides is 2. The summed E-state index contributed by atoms with van der Waals surface area (Å²) in [7, 11) is 0. The molecule has 9 heteroatoms. The van der Waals surface area contributed by atoms with Gasteiger partial charge < -0.3 is 4.74 Å². The lowest BCUT2D eigenvalue weighted by Gasteiger charge is -2.08. The highest BCUT2D eigenvalue weighted by Crippen LogP contribution is 1.97. The lowest BCUT2D eigenvalue weighted by Crippen LogP contribution is -2.43. The van der Waals surface area contributed by atoms with Gasteiger partial charge in [0.05, 0.1) is 0 Å². The SMILES string of the molecule is CCCn1nc(C(=O)OCC(=O)NNC(=O)c2ccccc2)ccc1=O. The van der Waals surface area contributed by atoms with E-state index in [2.05, 4.69) is 16.0 Å². The second kappa shape index (κ2) is 9.11. The third kappa shape index (κ3) is 5.26. The molecule has 0 aliphatic heterocycles. The number of nitrogens with one attached hydrogen (secondary N) is 2. The van der Waals surface area contributed by atoms with Crippen LogP contribution >= 0.6 is 0 Å². The Morgan fingerprint density at radius 2 is 1.81 bits per heavy atom. The molecule has 9 nitrogen and oxygen atoms in total. The van der Waals surface area contributed by atoms with Crippen molar-refractivity contribution in [1.82, 2.24) is 20.6 Å². The summed E-state index contributed by atoms with van der Waals surface area (Å²) in [6.07, 6.45) is 0.676. The van der Waals surface area contributed by atoms with Gasteiger partial charge in [-0.05, 0) is 24.6 Å². The highest BCUT2D eigenvalue weighted by molar-refractivity contribution is 5.95. The fourth-order valence-electron chi connectivity index (χ4n) is 1.96. The van der Waals surface area contributed by atoms with Gasteiger partial charge in [-0.15, -0.1) is 0 Å². The van der Waals surface area contributed by atoms with Crippen molar-refractivity contribution in [1.29, 1.82) is 0 Å². The summed E-state index contributed by atoms with van der Waals surface area (Å²) in [5.74, 6) is -2.07. The predicted molar refractivity (Wildman–Crippen MR) is 91.1 cm³/mol. The van der Waals surface area contributed by atoms with Gasteiger partial charge in [-0.3, -0.25) is 25.2 Å². The van der Waals surface area contributed by atoms with Gasteiger partial charge in [0.2, 0.25) is 0 Å². The zero-order chi connectivity index (χ0) is 18.9. The quantitative estimate of drug-likeness (QED) is 0.565. The monoisotopic (exact) mass is 358 g/mol. The summed E-state index contributed by atoms with van der Waals surface area (Å²) in [4.78, 5) is 46.9. The molecule has 26 heavy (non-hydrogen) atoms. The highest BCUT2D eigenvalue weighted by atomic mass is 16.5. The normalized spacial score (nSPS) is 10.0. The third-order valence-corrected chi connectivity index (χ3v) is 3.20. The van der Waals surface area contributed by atoms with Crippen LogP contribution in [0.3, 0.4) is 0 Å². The number of hydrazine groups is 1. The van der Waals surface area contributed by atoms with Crippen molar-refractivity contribution in [3.05, 3.63) is 64.1 Å². The van der Waals surface area contributed by atoms with Crippen molar-refractivity contribution in [2.24, 2.45) is 0 Å². The van der Waals surface area contributed by atoms with E-state index in [4.69, 9.17) is 4.74 Å². The van der Waals surface area contributed by atoms with Crippen LogP contribution in [0.2, 0.25) is 0 Å². The molecule has 0 fully saturated rings. The van der Waals surface area contributed by atoms with E-state index < -0.39 is 24.4 Å². The second-order valence-electron chi connectivity index (χ2n) is 5.22. The number of benzene rings is 1. The van der Waals surface area contributed by atoms with Gasteiger partial charge in [0.15, 0.2) is 12.3 Å². The number of nitrogens with zero attached hydrogens (tertiary/aromatic N) is 2. The van der Waals surface area contributed by atoms with E-state index in [1.807, 2.05) is 6.92 Å². The lowest BCUT2D eigenvalue weighted by molar-refractivity contribution is -0.125. The number of ether oxygens (including phenoxy) is 1. The molecule has 0 bridgehead atoms. The van der Waals surface area contributed by atoms with Gasteiger partial charge in [0.25, 0.3) is 17.4 Å². The maximum atomic E-state index is 11.9. The third-order valence-electron chi connectivity index (χ3n) is 3.20. The maximum Gasteiger partial charge on any atom is 0.359 e. The van der Waals surface area contributed by atoms with Gasteiger partial charge in [-0.1, -0.05) is 25.1 Å². The van der Waals surface area contributed by atoms with Gasteiger partial charge in [-0.2, -0.15) is 5.10 Å². The first kappa shape index (κ1) is 18.8. The summed E-state index contributed by atoms with van der Waals surface area (Å²) in [5, 5.41) is 3.88. The van der Waals surface area contributed by atoms with Gasteiger partial charge >= 0.3 is 5.97 Å². The Kier molecular flexibility index (Phi) is 6.60. The van der Waals surface area contributed by atoms with Crippen molar-refractivity contribution in [3.63, 3.8) is 0 Å². The number of aryl methyl sites for hydroxylation is 1. The molecule has 2 amide bonds. The van der Waals surface area contributed by atoms with Crippen LogP contribution in [0.15, 0.2) is 47.3 Å². The first-order valence-electron chi connectivity index (χ1n) is 7.90. The summed E-state index contributed by atoms with van der Waals surface area (Å²) >= 11 is 0. The Morgan fingerprint density at radius 1 is 1.08 bits per heavy atom. The molecule has 0 unspecified atom stereocenters. The van der Waals surface area contributed by atoms with E-state index in [-0.39, 0.29) is 11.3 Å². The molecular weight excluding hydrogens is 340 g/mol. The van der Waals surface area contributed by atoms with Crippen molar-refractivity contribution in [2.75, 3.05) is 6.61 Å². The number of hydrogen-bond acceptors (Lipinski definition) is 6. The van der Waals surface area contributed by atoms with E-state index >= 15 is 0 Å². The average molecular weight is 358 g/mol. The van der Waals surface area contributed by atoms with Crippen LogP contribution in [0.4, 0.5) is 0 Å². The molecule has 2 N–H and O–H groups in total. The van der Waals surface area contributed by atoms with Crippen LogP contribution in [-0.4, -0.2) is 34.2 Å². The number of carbonyl (C=O) groups excluding carboxylic acids is 3. The van der Waals surface area contributed by atoms with E-state index in [0.29, 0.717) is 18.5 Å². The molecule has 0 aliphatic carbocycles. The molecule has 2 aromatic rings. The summed E-state index contributed by atoms with van der Waals surface area (Å²) in [5.41, 5.74) is 4.30. The van der Waals surface area contributed by atoms with Crippen molar-refractivity contribution in [3.8, 4) is 0 Å². The molecule has 0 aliphatic rings. The van der Waals surface area contributed by atoms with Crippen molar-refractivity contribution >= 4 is 17.8 Å². The molecular formula is C17H18N4O5. The summed E-state index contributed by atoms with van der Waals surface area (Å²) in [6, 6.07) is 10.7. The fraction of sp³-hybridized carbons (Fsp3) is 0.235. The zero-order valence-corrected chi connectivity index (χ0v) is 14.1. The van der Waals surface area contributed by atoms with Crippen LogP contribution < -0.4 is 16.4 Å². The fourth-order valence-corrected chi connectivity index (χ4v) is 1.96. The summed E-state index contributed by atoms with van der Waals surface area (Å²) in [6.45, 7) is 1.63. The van der Waals surface area contributed by atoms with E-state index in [9.17, 15) is 19.2 Å². The Hall–Kier alpha value is -3.49. The van der Waals surface area contributed by atoms with Crippen molar-refractivity contribution < 1.29 is 19.1 Å². The number of carbonyl (C=O) groups is 3. The second-order valence-corrected chi connectivity index (χ2v) is 5.22. The largest absolute Gasteiger partial charge is 0.451 e. The minimum absolute atomic E-state index is 0.0841. The smallest absolute Gasteiger partial charge is 0.359 e. The van der Waals surface area contributed by atoms with Gasteiger partial charge in [-0.25, -0.2) is 9.48 Å². The van der Waals surface area contributed by atoms with E-state index in [1.54, 1.807) is 30.3 Å². The summed E-state index contributed by atoms with van der Waals surface area (Å²) < 4.78 is 5.97. The standard InChI is InChI=1S/C17H18N4O5/c1-2-10-21-15(23)9-8-13(20-21)17(25)26-11-14(22)18-19-16(24)12-6-4-3-5-7-12/h3-9H,2,10-11H2,1H3,(H,18,22)(H,19,24). The Labute approximate surface area is 148 Å². The first-order valence-corrected chi connectivity index (χ1v) is 7.90. The molecule has 1 aromatic heterocycles. The number of rotatable bonds is 6. The molecule has 1 aromatic carbocycles. The molecule has 0 saturated heterocycles. The first-order chi connectivity index (χ1) is 12.5. The number of aromatic nitrogens is 2. The Balaban J connectivity index is 1.83. The topological polar surface area (TPSA) is 119 Å². The maximum absolute atomic E-state index is 11.9. The Bertz CT molecular complexity index is 848. The number of esters is 1. The van der Waals surface area contributed by atoms with Crippen LogP contribution in [0.25, 0.3) is 0 Å². The van der Waals surface area contributed by atoms with Crippen molar-refractivity contribution in [2.45, 2.75) is 19.9 Å². The van der Waals surface area contributed by atoms with Gasteiger partial charge in [0, 0.05) is 18.2 Å². The highest BCUT2D eigenvalue weighted by Gasteiger charge is 2.14. The molecule has 0 spiro atoms. The lowest BCUT2D eigenvalue weighted by atomic mass is 10.2. The molecule has 1 heterocycles. The molecule has 0 radical (unpaired) electrons. The van der Waals surface area contributed by atoms with Crippen LogP contribution in [-0.2, 0) is 16.1 Å². The van der Waals surface area contributed by atoms with Crippen LogP contribution in [0.5, 0.6) is 0 Å². The van der Waals surface area contributed by atoms with Gasteiger partial charge in [0.1, 0.15) is 0 Å².